The highest BCUT2D eigenvalue weighted by atomic mass is 32.1. The van der Waals surface area contributed by atoms with E-state index in [0.717, 1.165) is 5.56 Å². The molecule has 0 atom stereocenters. The fraction of sp³-hybridized carbons (Fsp3) is 0.429. The molecule has 0 unspecified atom stereocenters. The molecular weight excluding hydrogens is 306 g/mol. The van der Waals surface area contributed by atoms with Gasteiger partial charge in [0, 0.05) is 6.42 Å². The van der Waals surface area contributed by atoms with Gasteiger partial charge in [-0.15, -0.1) is 0 Å². The summed E-state index contributed by atoms with van der Waals surface area (Å²) in [5, 5.41) is 4.01. The highest BCUT2D eigenvalue weighted by molar-refractivity contribution is 7.80. The number of hydrogen-bond acceptors (Lipinski definition) is 6. The van der Waals surface area contributed by atoms with Crippen molar-refractivity contribution in [2.75, 3.05) is 26.9 Å². The molecule has 22 heavy (non-hydrogen) atoms. The smallest absolute Gasteiger partial charge is 0.184 e. The van der Waals surface area contributed by atoms with E-state index >= 15 is 0 Å². The van der Waals surface area contributed by atoms with Gasteiger partial charge in [-0.25, -0.2) is 0 Å². The zero-order chi connectivity index (χ0) is 15.8. The molecule has 0 aliphatic carbocycles. The summed E-state index contributed by atoms with van der Waals surface area (Å²) in [5.41, 5.74) is 8.62. The zero-order valence-corrected chi connectivity index (χ0v) is 13.1. The third kappa shape index (κ3) is 5.14. The summed E-state index contributed by atoms with van der Waals surface area (Å²) < 4.78 is 21.7. The van der Waals surface area contributed by atoms with Crippen LogP contribution in [-0.2, 0) is 9.47 Å². The molecule has 0 amide bonds. The van der Waals surface area contributed by atoms with E-state index < -0.39 is 0 Å². The minimum absolute atomic E-state index is 0.109. The third-order valence-corrected chi connectivity index (χ3v) is 2.97. The van der Waals surface area contributed by atoms with Crippen molar-refractivity contribution in [3.63, 3.8) is 0 Å². The first-order chi connectivity index (χ1) is 10.7. The summed E-state index contributed by atoms with van der Waals surface area (Å²) in [6.45, 7) is 1.73. The lowest BCUT2D eigenvalue weighted by Crippen LogP contribution is -2.23. The number of hydrogen-bond donors (Lipinski definition) is 2. The van der Waals surface area contributed by atoms with E-state index in [1.807, 2.05) is 12.1 Å². The number of benzene rings is 1. The van der Waals surface area contributed by atoms with Crippen molar-refractivity contribution in [1.29, 1.82) is 0 Å². The molecule has 7 nitrogen and oxygen atoms in total. The van der Waals surface area contributed by atoms with Crippen LogP contribution in [0, 0.1) is 0 Å². The van der Waals surface area contributed by atoms with Crippen LogP contribution in [0.15, 0.2) is 23.3 Å². The average molecular weight is 325 g/mol. The van der Waals surface area contributed by atoms with Crippen molar-refractivity contribution in [2.45, 2.75) is 12.7 Å². The highest BCUT2D eigenvalue weighted by Gasteiger charge is 2.16. The average Bonchev–Trinajstić information content (AvgIpc) is 3.00. The molecule has 1 aliphatic rings. The lowest BCUT2D eigenvalue weighted by Gasteiger charge is -2.13. The van der Waals surface area contributed by atoms with Gasteiger partial charge in [0.2, 0.25) is 0 Å². The van der Waals surface area contributed by atoms with Gasteiger partial charge in [0.1, 0.15) is 0 Å². The van der Waals surface area contributed by atoms with Crippen LogP contribution < -0.4 is 20.6 Å². The topological polar surface area (TPSA) is 87.3 Å². The van der Waals surface area contributed by atoms with Crippen molar-refractivity contribution >= 4 is 23.5 Å². The normalized spacial score (nSPS) is 15.1. The monoisotopic (exact) mass is 325 g/mol. The molecule has 1 aromatic carbocycles. The lowest BCUT2D eigenvalue weighted by molar-refractivity contribution is -0.0532. The van der Waals surface area contributed by atoms with Gasteiger partial charge in [-0.05, 0) is 36.0 Å². The fourth-order valence-electron chi connectivity index (χ4n) is 1.90. The van der Waals surface area contributed by atoms with E-state index in [1.54, 1.807) is 19.4 Å². The number of thiocarbonyl (C=S) groups is 1. The quantitative estimate of drug-likeness (QED) is 0.439. The van der Waals surface area contributed by atoms with Crippen LogP contribution in [0.2, 0.25) is 0 Å². The molecule has 0 bridgehead atoms. The van der Waals surface area contributed by atoms with Gasteiger partial charge in [-0.2, -0.15) is 5.10 Å². The van der Waals surface area contributed by atoms with Crippen LogP contribution in [-0.4, -0.2) is 44.5 Å². The van der Waals surface area contributed by atoms with Gasteiger partial charge >= 0.3 is 0 Å². The molecule has 3 N–H and O–H groups in total. The van der Waals surface area contributed by atoms with E-state index in [4.69, 9.17) is 24.7 Å². The van der Waals surface area contributed by atoms with Crippen molar-refractivity contribution in [2.24, 2.45) is 10.8 Å². The minimum Gasteiger partial charge on any atom is -0.493 e. The van der Waals surface area contributed by atoms with Gasteiger partial charge in [-0.1, -0.05) is 0 Å². The van der Waals surface area contributed by atoms with Gasteiger partial charge in [0.15, 0.2) is 22.9 Å². The van der Waals surface area contributed by atoms with Gasteiger partial charge in [0.25, 0.3) is 0 Å². The number of hydrazone groups is 1. The van der Waals surface area contributed by atoms with Crippen LogP contribution in [0.25, 0.3) is 0 Å². The highest BCUT2D eigenvalue weighted by Crippen LogP contribution is 2.28. The number of nitrogens with one attached hydrogen (secondary N) is 1. The molecule has 0 saturated carbocycles. The summed E-state index contributed by atoms with van der Waals surface area (Å²) in [6.07, 6.45) is 2.06. The van der Waals surface area contributed by atoms with Crippen molar-refractivity contribution in [3.05, 3.63) is 23.8 Å². The SMILES string of the molecule is COc1ccc(C=NNC(N)=S)cc1OCCC1OCCO1. The standard InChI is InChI=1S/C14H19N3O4S/c1-18-11-3-2-10(9-16-17-14(15)22)8-12(11)19-5-4-13-20-6-7-21-13/h2-3,8-9,13H,4-7H2,1H3,(H3,15,17,22). The molecule has 0 spiro atoms. The molecule has 1 aliphatic heterocycles. The number of nitrogens with two attached hydrogens (primary N) is 1. The maximum atomic E-state index is 5.74. The van der Waals surface area contributed by atoms with E-state index in [9.17, 15) is 0 Å². The van der Waals surface area contributed by atoms with Crippen LogP contribution in [0.4, 0.5) is 0 Å². The second-order valence-corrected chi connectivity index (χ2v) is 4.89. The van der Waals surface area contributed by atoms with Gasteiger partial charge in [-0.3, -0.25) is 5.43 Å². The molecule has 1 saturated heterocycles. The van der Waals surface area contributed by atoms with Gasteiger partial charge in [0.05, 0.1) is 33.1 Å². The Morgan fingerprint density at radius 2 is 2.23 bits per heavy atom. The minimum atomic E-state index is -0.189. The first kappa shape index (κ1) is 16.5. The van der Waals surface area contributed by atoms with Gasteiger partial charge < -0.3 is 24.7 Å². The van der Waals surface area contributed by atoms with Crippen molar-refractivity contribution in [1.82, 2.24) is 5.43 Å². The Morgan fingerprint density at radius 3 is 2.91 bits per heavy atom. The Kier molecular flexibility index (Phi) is 6.38. The maximum Gasteiger partial charge on any atom is 0.184 e. The Balaban J connectivity index is 1.94. The number of ether oxygens (including phenoxy) is 4. The first-order valence-corrected chi connectivity index (χ1v) is 7.22. The molecule has 1 heterocycles. The van der Waals surface area contributed by atoms with Crippen molar-refractivity contribution in [3.8, 4) is 11.5 Å². The Labute approximate surface area is 134 Å². The summed E-state index contributed by atoms with van der Waals surface area (Å²) >= 11 is 4.67. The number of methoxy groups -OCH3 is 1. The maximum absolute atomic E-state index is 5.74. The number of rotatable bonds is 7. The van der Waals surface area contributed by atoms with E-state index in [1.165, 1.54) is 0 Å². The largest absolute Gasteiger partial charge is 0.493 e. The zero-order valence-electron chi connectivity index (χ0n) is 12.3. The molecule has 120 valence electrons. The molecule has 0 aromatic heterocycles. The number of nitrogens with zero attached hydrogens (tertiary/aromatic N) is 1. The first-order valence-electron chi connectivity index (χ1n) is 6.81. The molecule has 1 aromatic rings. The van der Waals surface area contributed by atoms with E-state index in [-0.39, 0.29) is 11.4 Å². The summed E-state index contributed by atoms with van der Waals surface area (Å²) in [5.74, 6) is 1.27. The fourth-order valence-corrected chi connectivity index (χ4v) is 1.95. The van der Waals surface area contributed by atoms with Crippen LogP contribution in [0.1, 0.15) is 12.0 Å². The predicted molar refractivity (Wildman–Crippen MR) is 86.3 cm³/mol. The second kappa shape index (κ2) is 8.52. The Bertz CT molecular complexity index is 533. The van der Waals surface area contributed by atoms with Crippen molar-refractivity contribution < 1.29 is 18.9 Å². The summed E-state index contributed by atoms with van der Waals surface area (Å²) in [6, 6.07) is 5.47. The summed E-state index contributed by atoms with van der Waals surface area (Å²) in [7, 11) is 1.59. The Hall–Kier alpha value is -1.90. The summed E-state index contributed by atoms with van der Waals surface area (Å²) in [4.78, 5) is 0. The molecule has 1 fully saturated rings. The van der Waals surface area contributed by atoms with E-state index in [0.29, 0.717) is 37.7 Å². The van der Waals surface area contributed by atoms with E-state index in [2.05, 4.69) is 22.7 Å². The lowest BCUT2D eigenvalue weighted by atomic mass is 10.2. The molecule has 8 heteroatoms. The molecule has 0 radical (unpaired) electrons. The van der Waals surface area contributed by atoms with Crippen LogP contribution in [0.3, 0.4) is 0 Å². The Morgan fingerprint density at radius 1 is 1.45 bits per heavy atom. The molecular formula is C14H19N3O4S. The molecule has 2 rings (SSSR count). The van der Waals surface area contributed by atoms with Crippen LogP contribution in [0.5, 0.6) is 11.5 Å². The predicted octanol–water partition coefficient (Wildman–Crippen LogP) is 1.00. The third-order valence-electron chi connectivity index (χ3n) is 2.88. The second-order valence-electron chi connectivity index (χ2n) is 4.45. The van der Waals surface area contributed by atoms with Crippen LogP contribution >= 0.6 is 12.2 Å².